The average molecular weight is 753 g/mol. The number of hydrazone groups is 1. The summed E-state index contributed by atoms with van der Waals surface area (Å²) in [6.45, 7) is 1.73. The van der Waals surface area contributed by atoms with E-state index >= 15 is 0 Å². The molecule has 0 unspecified atom stereocenters. The van der Waals surface area contributed by atoms with Crippen molar-refractivity contribution in [2.75, 3.05) is 9.91 Å². The van der Waals surface area contributed by atoms with Gasteiger partial charge in [-0.2, -0.15) is 36.5 Å². The number of hydrogen-bond donors (Lipinski definition) is 0. The molecule has 0 radical (unpaired) electrons. The van der Waals surface area contributed by atoms with Gasteiger partial charge in [-0.25, -0.2) is 8.78 Å². The SMILES string of the molecule is FC(F)(F)c1c[c-]c(N2[CH-]N(c3ccccc3)C(c3ccccc3)=N2)cc1.Fc1c[c-]c(-c2ncccn2)c(F)n1.[Pt]. The average Bonchev–Trinajstić information content (AvgIpc) is 3.44. The zero-order chi connectivity index (χ0) is 28.8. The van der Waals surface area contributed by atoms with E-state index < -0.39 is 23.6 Å². The Balaban J connectivity index is 0.000000228. The van der Waals surface area contributed by atoms with Crippen molar-refractivity contribution >= 4 is 17.2 Å². The Hall–Kier alpha value is -4.50. The van der Waals surface area contributed by atoms with Crippen molar-refractivity contribution in [3.05, 3.63) is 145 Å². The van der Waals surface area contributed by atoms with Crippen LogP contribution in [0, 0.1) is 30.7 Å². The second-order valence-electron chi connectivity index (χ2n) is 8.38. The van der Waals surface area contributed by atoms with Crippen LogP contribution in [0.3, 0.4) is 0 Å². The molecule has 0 saturated heterocycles. The molecule has 0 saturated carbocycles. The first-order valence-corrected chi connectivity index (χ1v) is 12.0. The van der Waals surface area contributed by atoms with Crippen LogP contribution in [0.25, 0.3) is 11.4 Å². The number of rotatable bonds is 4. The maximum atomic E-state index is 13.1. The Morgan fingerprint density at radius 3 is 2.02 bits per heavy atom. The van der Waals surface area contributed by atoms with Gasteiger partial charge < -0.3 is 9.91 Å². The first-order chi connectivity index (χ1) is 19.8. The van der Waals surface area contributed by atoms with Crippen LogP contribution in [0.15, 0.2) is 108 Å². The number of aromatic nitrogens is 3. The molecule has 0 aliphatic carbocycles. The number of benzene rings is 3. The summed E-state index contributed by atoms with van der Waals surface area (Å²) in [7, 11) is 0. The van der Waals surface area contributed by atoms with E-state index in [1.54, 1.807) is 12.7 Å². The van der Waals surface area contributed by atoms with E-state index in [1.165, 1.54) is 23.5 Å². The van der Waals surface area contributed by atoms with Crippen LogP contribution in [-0.2, 0) is 27.2 Å². The number of amidine groups is 1. The zero-order valence-corrected chi connectivity index (χ0v) is 23.6. The molecule has 0 bridgehead atoms. The molecule has 6 nitrogen and oxygen atoms in total. The molecule has 12 heteroatoms. The second-order valence-corrected chi connectivity index (χ2v) is 8.38. The molecule has 0 N–H and O–H groups in total. The molecular formula is C30H18F5N6Pt-3. The number of nitrogens with zero attached hydrogens (tertiary/aromatic N) is 6. The van der Waals surface area contributed by atoms with Gasteiger partial charge in [0.1, 0.15) is 17.7 Å². The largest absolute Gasteiger partial charge is 0.456 e. The minimum atomic E-state index is -4.39. The molecule has 5 aromatic rings. The topological polar surface area (TPSA) is 57.5 Å². The van der Waals surface area contributed by atoms with E-state index in [0.717, 1.165) is 29.4 Å². The number of pyridine rings is 1. The summed E-state index contributed by atoms with van der Waals surface area (Å²) in [6, 6.07) is 30.1. The summed E-state index contributed by atoms with van der Waals surface area (Å²) in [5.74, 6) is -1.06. The van der Waals surface area contributed by atoms with Crippen LogP contribution < -0.4 is 9.91 Å². The van der Waals surface area contributed by atoms with Crippen molar-refractivity contribution in [2.45, 2.75) is 6.18 Å². The molecule has 1 aliphatic heterocycles. The Morgan fingerprint density at radius 1 is 0.762 bits per heavy atom. The molecule has 0 amide bonds. The van der Waals surface area contributed by atoms with E-state index in [4.69, 9.17) is 0 Å². The van der Waals surface area contributed by atoms with Gasteiger partial charge in [0.05, 0.1) is 5.82 Å². The predicted octanol–water partition coefficient (Wildman–Crippen LogP) is 6.93. The Bertz CT molecular complexity index is 1620. The number of halogens is 5. The van der Waals surface area contributed by atoms with Gasteiger partial charge in [-0.05, 0) is 18.2 Å². The molecule has 1 aliphatic rings. The van der Waals surface area contributed by atoms with Crippen molar-refractivity contribution in [2.24, 2.45) is 5.10 Å². The number of hydrogen-bond acceptors (Lipinski definition) is 6. The summed E-state index contributed by atoms with van der Waals surface area (Å²) >= 11 is 0. The third kappa shape index (κ3) is 7.22. The number of alkyl halides is 3. The maximum Gasteiger partial charge on any atom is 0.370 e. The second kappa shape index (κ2) is 13.4. The van der Waals surface area contributed by atoms with Crippen LogP contribution in [0.5, 0.6) is 0 Å². The number of para-hydroxylation sites is 1. The summed E-state index contributed by atoms with van der Waals surface area (Å²) in [6.07, 6.45) is -1.48. The molecule has 42 heavy (non-hydrogen) atoms. The molecule has 6 rings (SSSR count). The van der Waals surface area contributed by atoms with Gasteiger partial charge in [-0.15, -0.1) is 18.8 Å². The van der Waals surface area contributed by atoms with E-state index in [1.807, 2.05) is 65.6 Å². The van der Waals surface area contributed by atoms with Crippen LogP contribution in [-0.4, -0.2) is 20.8 Å². The predicted molar refractivity (Wildman–Crippen MR) is 143 cm³/mol. The van der Waals surface area contributed by atoms with Crippen molar-refractivity contribution in [1.29, 1.82) is 0 Å². The van der Waals surface area contributed by atoms with Crippen molar-refractivity contribution < 1.29 is 43.0 Å². The van der Waals surface area contributed by atoms with Crippen LogP contribution in [0.1, 0.15) is 11.1 Å². The molecule has 0 spiro atoms. The molecule has 0 atom stereocenters. The molecule has 0 fully saturated rings. The minimum Gasteiger partial charge on any atom is -0.456 e. The van der Waals surface area contributed by atoms with Gasteiger partial charge in [0, 0.05) is 44.7 Å². The fourth-order valence-corrected chi connectivity index (χ4v) is 3.71. The Morgan fingerprint density at radius 2 is 1.43 bits per heavy atom. The fourth-order valence-electron chi connectivity index (χ4n) is 3.71. The minimum absolute atomic E-state index is 0. The summed E-state index contributed by atoms with van der Waals surface area (Å²) < 4.78 is 63.9. The van der Waals surface area contributed by atoms with Crippen LogP contribution in [0.4, 0.5) is 33.3 Å². The van der Waals surface area contributed by atoms with E-state index in [0.29, 0.717) is 11.5 Å². The van der Waals surface area contributed by atoms with E-state index in [-0.39, 0.29) is 32.5 Å². The monoisotopic (exact) mass is 752 g/mol. The van der Waals surface area contributed by atoms with Crippen LogP contribution in [0.2, 0.25) is 0 Å². The first kappa shape index (κ1) is 30.5. The molecule has 216 valence electrons. The van der Waals surface area contributed by atoms with Crippen molar-refractivity contribution in [3.63, 3.8) is 0 Å². The first-order valence-electron chi connectivity index (χ1n) is 12.0. The third-order valence-corrected chi connectivity index (χ3v) is 5.63. The maximum absolute atomic E-state index is 13.1. The van der Waals surface area contributed by atoms with Gasteiger partial charge in [0.15, 0.2) is 0 Å². The Kier molecular flexibility index (Phi) is 9.75. The fraction of sp³-hybridized carbons (Fsp3) is 0.0333. The standard InChI is InChI=1S/C21H14F3N3.C9H4F2N3.Pt/c22-21(23,24)17-11-13-19(14-12-17)27-15-26(18-9-5-2-6-10-18)20(25-27)16-7-3-1-4-8-16;10-7-3-2-6(8(11)14-7)9-12-4-1-5-13-9;/h1-13,15H;1,3-5H;/q-2;-1;. The smallest absolute Gasteiger partial charge is 0.370 e. The van der Waals surface area contributed by atoms with Gasteiger partial charge in [-0.1, -0.05) is 71.4 Å². The Labute approximate surface area is 252 Å². The summed E-state index contributed by atoms with van der Waals surface area (Å²) in [5.41, 5.74) is 1.45. The van der Waals surface area contributed by atoms with E-state index in [2.05, 4.69) is 32.2 Å². The molecule has 3 aromatic carbocycles. The zero-order valence-electron chi connectivity index (χ0n) is 21.3. The summed E-state index contributed by atoms with van der Waals surface area (Å²) in [5, 5.41) is 6.11. The van der Waals surface area contributed by atoms with E-state index in [9.17, 15) is 22.0 Å². The normalized spacial score (nSPS) is 12.6. The van der Waals surface area contributed by atoms with Gasteiger partial charge >= 0.3 is 6.18 Å². The van der Waals surface area contributed by atoms with Gasteiger partial charge in [0.25, 0.3) is 0 Å². The molecular weight excluding hydrogens is 734 g/mol. The van der Waals surface area contributed by atoms with Gasteiger partial charge in [-0.3, -0.25) is 15.0 Å². The third-order valence-electron chi connectivity index (χ3n) is 5.63. The van der Waals surface area contributed by atoms with Gasteiger partial charge in [0.2, 0.25) is 0 Å². The van der Waals surface area contributed by atoms with Crippen LogP contribution >= 0.6 is 0 Å². The quantitative estimate of drug-likeness (QED) is 0.113. The molecule has 3 heterocycles. The number of anilines is 2. The van der Waals surface area contributed by atoms with Crippen molar-refractivity contribution in [1.82, 2.24) is 15.0 Å². The molecule has 2 aromatic heterocycles. The summed E-state index contributed by atoms with van der Waals surface area (Å²) in [4.78, 5) is 12.5. The van der Waals surface area contributed by atoms with Crippen molar-refractivity contribution in [3.8, 4) is 11.4 Å².